The Kier molecular flexibility index (Phi) is 3.61. The van der Waals surface area contributed by atoms with E-state index in [0.29, 0.717) is 6.54 Å². The molecule has 1 aromatic heterocycles. The van der Waals surface area contributed by atoms with Gasteiger partial charge in [0.1, 0.15) is 0 Å². The Labute approximate surface area is 106 Å². The van der Waals surface area contributed by atoms with Crippen LogP contribution in [0.3, 0.4) is 0 Å². The maximum Gasteiger partial charge on any atom is 0.232 e. The monoisotopic (exact) mass is 251 g/mol. The van der Waals surface area contributed by atoms with Crippen LogP contribution in [0.25, 0.3) is 0 Å². The largest absolute Gasteiger partial charge is 0.323 e. The van der Waals surface area contributed by atoms with Crippen LogP contribution in [-0.4, -0.2) is 24.0 Å². The Morgan fingerprint density at radius 1 is 1.61 bits per heavy atom. The molecule has 1 saturated heterocycles. The molecule has 1 amide bonds. The van der Waals surface area contributed by atoms with Gasteiger partial charge in [-0.05, 0) is 24.9 Å². The molecule has 1 fully saturated rings. The summed E-state index contributed by atoms with van der Waals surface area (Å²) in [6.45, 7) is 5.51. The first kappa shape index (κ1) is 13.0. The molecule has 1 aliphatic heterocycles. The average Bonchev–Trinajstić information content (AvgIpc) is 2.82. The van der Waals surface area contributed by atoms with Crippen LogP contribution in [0, 0.1) is 17.2 Å². The first-order valence-electron chi connectivity index (χ1n) is 6.18. The van der Waals surface area contributed by atoms with Crippen molar-refractivity contribution in [3.8, 4) is 0 Å². The summed E-state index contributed by atoms with van der Waals surface area (Å²) < 4.78 is 13.5. The van der Waals surface area contributed by atoms with E-state index in [9.17, 15) is 9.18 Å². The van der Waals surface area contributed by atoms with Crippen LogP contribution in [0.15, 0.2) is 18.5 Å². The lowest BCUT2D eigenvalue weighted by Gasteiger charge is -2.31. The van der Waals surface area contributed by atoms with Gasteiger partial charge in [-0.1, -0.05) is 13.8 Å². The van der Waals surface area contributed by atoms with E-state index < -0.39 is 11.2 Å². The zero-order valence-corrected chi connectivity index (χ0v) is 10.7. The molecule has 18 heavy (non-hydrogen) atoms. The van der Waals surface area contributed by atoms with Crippen molar-refractivity contribution in [2.24, 2.45) is 11.3 Å². The second kappa shape index (κ2) is 5.02. The van der Waals surface area contributed by atoms with Gasteiger partial charge < -0.3 is 10.6 Å². The van der Waals surface area contributed by atoms with E-state index in [0.717, 1.165) is 19.2 Å². The van der Waals surface area contributed by atoms with Crippen molar-refractivity contribution in [3.63, 3.8) is 0 Å². The highest BCUT2D eigenvalue weighted by Gasteiger charge is 2.44. The normalized spacial score (nSPS) is 23.3. The number of aromatic nitrogens is 1. The number of nitrogens with one attached hydrogen (secondary N) is 2. The number of rotatable bonds is 3. The molecule has 0 saturated carbocycles. The van der Waals surface area contributed by atoms with Gasteiger partial charge in [-0.3, -0.25) is 9.78 Å². The lowest BCUT2D eigenvalue weighted by molar-refractivity contribution is -0.126. The van der Waals surface area contributed by atoms with E-state index in [1.54, 1.807) is 0 Å². The number of halogens is 1. The quantitative estimate of drug-likeness (QED) is 0.861. The third-order valence-corrected chi connectivity index (χ3v) is 3.77. The van der Waals surface area contributed by atoms with E-state index in [2.05, 4.69) is 15.6 Å². The number of anilines is 1. The highest BCUT2D eigenvalue weighted by atomic mass is 19.1. The van der Waals surface area contributed by atoms with Gasteiger partial charge in [0.2, 0.25) is 5.91 Å². The molecular weight excluding hydrogens is 233 g/mol. The minimum atomic E-state index is -0.504. The van der Waals surface area contributed by atoms with Crippen molar-refractivity contribution in [2.75, 3.05) is 18.4 Å². The number of amides is 1. The summed E-state index contributed by atoms with van der Waals surface area (Å²) in [4.78, 5) is 16.1. The van der Waals surface area contributed by atoms with Crippen LogP contribution in [0.5, 0.6) is 0 Å². The highest BCUT2D eigenvalue weighted by molar-refractivity contribution is 5.96. The number of carbonyl (C=O) groups is 1. The van der Waals surface area contributed by atoms with Gasteiger partial charge in [0.05, 0.1) is 17.3 Å². The second-order valence-electron chi connectivity index (χ2n) is 5.05. The van der Waals surface area contributed by atoms with Crippen molar-refractivity contribution in [1.29, 1.82) is 0 Å². The summed E-state index contributed by atoms with van der Waals surface area (Å²) >= 11 is 0. The summed E-state index contributed by atoms with van der Waals surface area (Å²) in [5, 5.41) is 5.89. The fourth-order valence-electron chi connectivity index (χ4n) is 2.38. The predicted molar refractivity (Wildman–Crippen MR) is 67.6 cm³/mol. The molecule has 0 aliphatic carbocycles. The van der Waals surface area contributed by atoms with Crippen LogP contribution in [0.2, 0.25) is 0 Å². The molecule has 2 heterocycles. The van der Waals surface area contributed by atoms with Gasteiger partial charge in [0.15, 0.2) is 5.82 Å². The second-order valence-corrected chi connectivity index (χ2v) is 5.05. The Bertz CT molecular complexity index is 442. The minimum absolute atomic E-state index is 0.118. The maximum absolute atomic E-state index is 13.5. The first-order valence-corrected chi connectivity index (χ1v) is 6.18. The molecule has 2 N–H and O–H groups in total. The summed E-state index contributed by atoms with van der Waals surface area (Å²) in [7, 11) is 0. The zero-order valence-electron chi connectivity index (χ0n) is 10.7. The van der Waals surface area contributed by atoms with Gasteiger partial charge in [0, 0.05) is 12.7 Å². The molecular formula is C13H18FN3O. The number of hydrogen-bond acceptors (Lipinski definition) is 3. The zero-order chi connectivity index (χ0) is 13.2. The lowest BCUT2D eigenvalue weighted by Crippen LogP contribution is -2.42. The third kappa shape index (κ3) is 2.22. The molecule has 98 valence electrons. The number of pyridine rings is 1. The van der Waals surface area contributed by atoms with Crippen molar-refractivity contribution >= 4 is 11.6 Å². The molecule has 1 atom stereocenters. The van der Waals surface area contributed by atoms with E-state index >= 15 is 0 Å². The Hall–Kier alpha value is -1.49. The molecule has 1 aromatic rings. The fraction of sp³-hybridized carbons (Fsp3) is 0.538. The van der Waals surface area contributed by atoms with Gasteiger partial charge in [-0.2, -0.15) is 0 Å². The Morgan fingerprint density at radius 2 is 2.39 bits per heavy atom. The molecule has 0 aromatic carbocycles. The van der Waals surface area contributed by atoms with Crippen LogP contribution in [0.1, 0.15) is 20.3 Å². The summed E-state index contributed by atoms with van der Waals surface area (Å²) in [6, 6.07) is 1.48. The van der Waals surface area contributed by atoms with Crippen LogP contribution >= 0.6 is 0 Å². The Balaban J connectivity index is 2.19. The van der Waals surface area contributed by atoms with Gasteiger partial charge >= 0.3 is 0 Å². The maximum atomic E-state index is 13.5. The molecule has 2 rings (SSSR count). The average molecular weight is 251 g/mol. The lowest BCUT2D eigenvalue weighted by atomic mass is 9.75. The van der Waals surface area contributed by atoms with E-state index in [1.807, 2.05) is 13.8 Å². The molecule has 0 spiro atoms. The van der Waals surface area contributed by atoms with Crippen molar-refractivity contribution in [3.05, 3.63) is 24.3 Å². The van der Waals surface area contributed by atoms with Crippen molar-refractivity contribution in [2.45, 2.75) is 20.3 Å². The van der Waals surface area contributed by atoms with E-state index in [-0.39, 0.29) is 17.5 Å². The van der Waals surface area contributed by atoms with E-state index in [1.165, 1.54) is 12.3 Å². The standard InChI is InChI=1S/C13H18FN3O/c1-9(2)13(4-6-16-8-13)12(18)17-11-3-5-15-7-10(11)14/h3,5,7,9,16H,4,6,8H2,1-2H3,(H,15,17,18). The molecule has 1 unspecified atom stereocenters. The number of nitrogens with zero attached hydrogens (tertiary/aromatic N) is 1. The predicted octanol–water partition coefficient (Wildman–Crippen LogP) is 1.79. The van der Waals surface area contributed by atoms with Gasteiger partial charge in [-0.25, -0.2) is 4.39 Å². The highest BCUT2D eigenvalue weighted by Crippen LogP contribution is 2.35. The smallest absolute Gasteiger partial charge is 0.232 e. The summed E-state index contributed by atoms with van der Waals surface area (Å²) in [5.41, 5.74) is -0.252. The van der Waals surface area contributed by atoms with Crippen molar-refractivity contribution < 1.29 is 9.18 Å². The molecule has 0 bridgehead atoms. The van der Waals surface area contributed by atoms with Crippen LogP contribution in [-0.2, 0) is 4.79 Å². The van der Waals surface area contributed by atoms with E-state index in [4.69, 9.17) is 0 Å². The van der Waals surface area contributed by atoms with Crippen molar-refractivity contribution in [1.82, 2.24) is 10.3 Å². The molecule has 1 aliphatic rings. The van der Waals surface area contributed by atoms with Crippen LogP contribution in [0.4, 0.5) is 10.1 Å². The molecule has 5 heteroatoms. The minimum Gasteiger partial charge on any atom is -0.323 e. The number of carbonyl (C=O) groups excluding carboxylic acids is 1. The van der Waals surface area contributed by atoms with Crippen LogP contribution < -0.4 is 10.6 Å². The molecule has 4 nitrogen and oxygen atoms in total. The summed E-state index contributed by atoms with van der Waals surface area (Å²) in [5.74, 6) is -0.416. The molecule has 0 radical (unpaired) electrons. The summed E-state index contributed by atoms with van der Waals surface area (Å²) in [6.07, 6.45) is 3.35. The van der Waals surface area contributed by atoms with Gasteiger partial charge in [-0.15, -0.1) is 0 Å². The van der Waals surface area contributed by atoms with Gasteiger partial charge in [0.25, 0.3) is 0 Å². The first-order chi connectivity index (χ1) is 8.56. The fourth-order valence-corrected chi connectivity index (χ4v) is 2.38. The SMILES string of the molecule is CC(C)C1(C(=O)Nc2ccncc2F)CCNC1. The third-order valence-electron chi connectivity index (χ3n) is 3.77. The Morgan fingerprint density at radius 3 is 2.94 bits per heavy atom. The number of hydrogen-bond donors (Lipinski definition) is 2. The topological polar surface area (TPSA) is 54.0 Å².